The van der Waals surface area contributed by atoms with Gasteiger partial charge in [-0.1, -0.05) is 0 Å². The standard InChI is InChI=1S/C18H22N6O.ClH/c1-9-14(10(2)24-23-9)17-20-7-13(8-21-17)22-18(25)16(19)15(11-3-4-11)12-5-6-12;/h7-8,11-12H,3-6,19H2,1-2H3,(H,22,25)(H,23,24);1H. The van der Waals surface area contributed by atoms with Crippen LogP contribution in [0, 0.1) is 25.7 Å². The number of allylic oxidation sites excluding steroid dienone is 1. The fraction of sp³-hybridized carbons (Fsp3) is 0.444. The molecule has 2 fully saturated rings. The van der Waals surface area contributed by atoms with Gasteiger partial charge in [0.1, 0.15) is 0 Å². The van der Waals surface area contributed by atoms with Gasteiger partial charge in [-0.2, -0.15) is 5.10 Å². The molecule has 0 radical (unpaired) electrons. The summed E-state index contributed by atoms with van der Waals surface area (Å²) in [6.45, 7) is 3.83. The minimum Gasteiger partial charge on any atom is -0.394 e. The highest BCUT2D eigenvalue weighted by atomic mass is 35.5. The molecule has 2 aromatic heterocycles. The summed E-state index contributed by atoms with van der Waals surface area (Å²) in [4.78, 5) is 21.2. The van der Waals surface area contributed by atoms with E-state index in [9.17, 15) is 4.79 Å². The number of nitrogens with one attached hydrogen (secondary N) is 2. The molecule has 0 unspecified atom stereocenters. The molecular weight excluding hydrogens is 352 g/mol. The molecule has 2 heterocycles. The Kier molecular flexibility index (Phi) is 5.00. The van der Waals surface area contributed by atoms with Crippen molar-refractivity contribution >= 4 is 24.0 Å². The number of anilines is 1. The minimum absolute atomic E-state index is 0. The Morgan fingerprint density at radius 3 is 2.19 bits per heavy atom. The number of nitrogens with two attached hydrogens (primary N) is 1. The van der Waals surface area contributed by atoms with Crippen LogP contribution in [0.3, 0.4) is 0 Å². The number of halogens is 1. The van der Waals surface area contributed by atoms with Crippen molar-refractivity contribution in [3.8, 4) is 11.4 Å². The Morgan fingerprint density at radius 1 is 1.15 bits per heavy atom. The van der Waals surface area contributed by atoms with E-state index in [0.29, 0.717) is 29.0 Å². The molecule has 0 atom stereocenters. The van der Waals surface area contributed by atoms with Crippen molar-refractivity contribution in [1.82, 2.24) is 20.2 Å². The molecule has 0 bridgehead atoms. The van der Waals surface area contributed by atoms with Gasteiger partial charge in [-0.15, -0.1) is 12.4 Å². The van der Waals surface area contributed by atoms with E-state index in [1.165, 1.54) is 5.57 Å². The molecule has 2 saturated carbocycles. The van der Waals surface area contributed by atoms with Crippen LogP contribution in [0.15, 0.2) is 23.7 Å². The van der Waals surface area contributed by atoms with E-state index in [-0.39, 0.29) is 18.3 Å². The molecule has 8 heteroatoms. The molecule has 4 N–H and O–H groups in total. The van der Waals surface area contributed by atoms with Gasteiger partial charge >= 0.3 is 0 Å². The maximum Gasteiger partial charge on any atom is 0.271 e. The lowest BCUT2D eigenvalue weighted by Gasteiger charge is -2.11. The van der Waals surface area contributed by atoms with Crippen LogP contribution in [0.4, 0.5) is 5.69 Å². The molecule has 4 rings (SSSR count). The molecule has 2 aromatic rings. The van der Waals surface area contributed by atoms with Crippen LogP contribution in [0.1, 0.15) is 37.1 Å². The van der Waals surface area contributed by atoms with Crippen LogP contribution < -0.4 is 11.1 Å². The monoisotopic (exact) mass is 374 g/mol. The van der Waals surface area contributed by atoms with Crippen LogP contribution in [-0.2, 0) is 4.79 Å². The first-order valence-corrected chi connectivity index (χ1v) is 8.69. The summed E-state index contributed by atoms with van der Waals surface area (Å²) in [5.41, 5.74) is 10.9. The van der Waals surface area contributed by atoms with E-state index in [0.717, 1.165) is 42.6 Å². The van der Waals surface area contributed by atoms with Crippen LogP contribution in [0.5, 0.6) is 0 Å². The molecule has 7 nitrogen and oxygen atoms in total. The third kappa shape index (κ3) is 3.58. The van der Waals surface area contributed by atoms with Gasteiger partial charge in [-0.05, 0) is 56.9 Å². The largest absolute Gasteiger partial charge is 0.394 e. The van der Waals surface area contributed by atoms with Gasteiger partial charge in [0, 0.05) is 5.69 Å². The normalized spacial score (nSPS) is 15.9. The summed E-state index contributed by atoms with van der Waals surface area (Å²) >= 11 is 0. The van der Waals surface area contributed by atoms with E-state index in [2.05, 4.69) is 25.5 Å². The Balaban J connectivity index is 0.00000196. The Labute approximate surface area is 158 Å². The summed E-state index contributed by atoms with van der Waals surface area (Å²) in [6.07, 6.45) is 7.82. The van der Waals surface area contributed by atoms with E-state index in [1.54, 1.807) is 12.4 Å². The number of aromatic nitrogens is 4. The second kappa shape index (κ2) is 7.07. The van der Waals surface area contributed by atoms with Crippen LogP contribution in [0.25, 0.3) is 11.4 Å². The maximum absolute atomic E-state index is 12.5. The number of carbonyl (C=O) groups is 1. The number of amides is 1. The summed E-state index contributed by atoms with van der Waals surface area (Å²) in [5.74, 6) is 1.37. The fourth-order valence-corrected chi connectivity index (χ4v) is 3.29. The van der Waals surface area contributed by atoms with Crippen LogP contribution in [-0.4, -0.2) is 26.1 Å². The number of aryl methyl sites for hydroxylation is 2. The molecule has 0 saturated heterocycles. The zero-order valence-corrected chi connectivity index (χ0v) is 15.7. The molecule has 26 heavy (non-hydrogen) atoms. The van der Waals surface area contributed by atoms with Gasteiger partial charge in [0.15, 0.2) is 5.82 Å². The first-order chi connectivity index (χ1) is 12.0. The highest BCUT2D eigenvalue weighted by Gasteiger charge is 2.39. The van der Waals surface area contributed by atoms with Crippen molar-refractivity contribution in [2.45, 2.75) is 39.5 Å². The lowest BCUT2D eigenvalue weighted by Crippen LogP contribution is -2.23. The number of rotatable bonds is 5. The van der Waals surface area contributed by atoms with E-state index in [4.69, 9.17) is 5.73 Å². The lowest BCUT2D eigenvalue weighted by atomic mass is 10.0. The highest BCUT2D eigenvalue weighted by Crippen LogP contribution is 2.49. The maximum atomic E-state index is 12.5. The second-order valence-corrected chi connectivity index (χ2v) is 6.98. The minimum atomic E-state index is -0.249. The van der Waals surface area contributed by atoms with Gasteiger partial charge < -0.3 is 11.1 Å². The quantitative estimate of drug-likeness (QED) is 0.697. The van der Waals surface area contributed by atoms with Gasteiger partial charge in [-0.25, -0.2) is 9.97 Å². The van der Waals surface area contributed by atoms with Crippen molar-refractivity contribution in [2.24, 2.45) is 17.6 Å². The van der Waals surface area contributed by atoms with Crippen molar-refractivity contribution in [3.63, 3.8) is 0 Å². The lowest BCUT2D eigenvalue weighted by molar-refractivity contribution is -0.113. The summed E-state index contributed by atoms with van der Waals surface area (Å²) in [7, 11) is 0. The Bertz CT molecular complexity index is 816. The molecule has 0 aliphatic heterocycles. The Hall–Kier alpha value is -2.41. The zero-order chi connectivity index (χ0) is 17.6. The van der Waals surface area contributed by atoms with Gasteiger partial charge in [0.25, 0.3) is 5.91 Å². The number of hydrogen-bond donors (Lipinski definition) is 3. The average molecular weight is 375 g/mol. The summed E-state index contributed by atoms with van der Waals surface area (Å²) in [5, 5.41) is 9.89. The van der Waals surface area contributed by atoms with Gasteiger partial charge in [0.05, 0.1) is 35.0 Å². The molecule has 2 aliphatic rings. The topological polar surface area (TPSA) is 110 Å². The third-order valence-electron chi connectivity index (χ3n) is 4.85. The number of nitrogens with zero attached hydrogens (tertiary/aromatic N) is 3. The van der Waals surface area contributed by atoms with Crippen LogP contribution in [0.2, 0.25) is 0 Å². The molecule has 1 amide bonds. The van der Waals surface area contributed by atoms with Crippen molar-refractivity contribution in [2.75, 3.05) is 5.32 Å². The molecule has 2 aliphatic carbocycles. The van der Waals surface area contributed by atoms with Crippen molar-refractivity contribution in [3.05, 3.63) is 35.1 Å². The molecule has 0 spiro atoms. The SMILES string of the molecule is Cc1n[nH]c(C)c1-c1ncc(NC(=O)C(N)=C(C2CC2)C2CC2)cn1.Cl. The summed E-state index contributed by atoms with van der Waals surface area (Å²) in [6, 6.07) is 0. The third-order valence-corrected chi connectivity index (χ3v) is 4.85. The average Bonchev–Trinajstić information content (AvgIpc) is 3.51. The molecule has 138 valence electrons. The summed E-state index contributed by atoms with van der Waals surface area (Å²) < 4.78 is 0. The molecular formula is C18H23ClN6O. The zero-order valence-electron chi connectivity index (χ0n) is 14.9. The van der Waals surface area contributed by atoms with Crippen LogP contribution >= 0.6 is 12.4 Å². The smallest absolute Gasteiger partial charge is 0.271 e. The number of H-pyrrole nitrogens is 1. The van der Waals surface area contributed by atoms with Crippen molar-refractivity contribution < 1.29 is 4.79 Å². The number of aromatic amines is 1. The molecule has 0 aromatic carbocycles. The predicted octanol–water partition coefficient (Wildman–Crippen LogP) is 2.88. The Morgan fingerprint density at radius 2 is 1.73 bits per heavy atom. The van der Waals surface area contributed by atoms with Gasteiger partial charge in [-0.3, -0.25) is 9.89 Å². The first-order valence-electron chi connectivity index (χ1n) is 8.69. The second-order valence-electron chi connectivity index (χ2n) is 6.98. The predicted molar refractivity (Wildman–Crippen MR) is 102 cm³/mol. The highest BCUT2D eigenvalue weighted by molar-refractivity contribution is 6.03. The van der Waals surface area contributed by atoms with Gasteiger partial charge in [0.2, 0.25) is 0 Å². The van der Waals surface area contributed by atoms with E-state index < -0.39 is 0 Å². The number of hydrogen-bond acceptors (Lipinski definition) is 5. The fourth-order valence-electron chi connectivity index (χ4n) is 3.29. The first kappa shape index (κ1) is 18.4. The van der Waals surface area contributed by atoms with E-state index >= 15 is 0 Å². The number of carbonyl (C=O) groups excluding carboxylic acids is 1. The van der Waals surface area contributed by atoms with Crippen molar-refractivity contribution in [1.29, 1.82) is 0 Å². The van der Waals surface area contributed by atoms with E-state index in [1.807, 2.05) is 13.8 Å².